The zero-order valence-corrected chi connectivity index (χ0v) is 12.3. The van der Waals surface area contributed by atoms with E-state index < -0.39 is 10.2 Å². The molecule has 1 aromatic heterocycles. The van der Waals surface area contributed by atoms with Crippen LogP contribution in [0.2, 0.25) is 0 Å². The van der Waals surface area contributed by atoms with Gasteiger partial charge in [-0.25, -0.2) is 9.71 Å². The summed E-state index contributed by atoms with van der Waals surface area (Å²) in [6.45, 7) is 1.48. The van der Waals surface area contributed by atoms with Gasteiger partial charge in [0.25, 0.3) is 10.2 Å². The van der Waals surface area contributed by atoms with Crippen LogP contribution < -0.4 is 4.72 Å². The molecule has 0 bridgehead atoms. The predicted octanol–water partition coefficient (Wildman–Crippen LogP) is 0.224. The number of hydrogen-bond acceptors (Lipinski definition) is 5. The highest BCUT2D eigenvalue weighted by Crippen LogP contribution is 2.18. The molecule has 0 saturated carbocycles. The number of nitrogens with one attached hydrogen (secondary N) is 1. The van der Waals surface area contributed by atoms with Crippen molar-refractivity contribution in [1.29, 1.82) is 0 Å². The van der Waals surface area contributed by atoms with Gasteiger partial charge in [0.2, 0.25) is 0 Å². The molecule has 1 aliphatic heterocycles. The average Bonchev–Trinajstić information content (AvgIpc) is 2.92. The van der Waals surface area contributed by atoms with Crippen molar-refractivity contribution in [2.45, 2.75) is 19.3 Å². The zero-order valence-electron chi connectivity index (χ0n) is 10.7. The summed E-state index contributed by atoms with van der Waals surface area (Å²) < 4.78 is 28.1. The Kier molecular flexibility index (Phi) is 5.28. The smallest absolute Gasteiger partial charge is 0.279 e. The molecule has 0 radical (unpaired) electrons. The van der Waals surface area contributed by atoms with E-state index in [1.165, 1.54) is 15.6 Å². The first-order valence-corrected chi connectivity index (χ1v) is 8.73. The van der Waals surface area contributed by atoms with Crippen molar-refractivity contribution in [2.75, 3.05) is 26.2 Å². The minimum absolute atomic E-state index is 0.144. The Morgan fingerprint density at radius 2 is 2.21 bits per heavy atom. The monoisotopic (exact) mass is 305 g/mol. The van der Waals surface area contributed by atoms with Gasteiger partial charge in [-0.1, -0.05) is 0 Å². The van der Waals surface area contributed by atoms with Crippen molar-refractivity contribution in [3.8, 4) is 0 Å². The summed E-state index contributed by atoms with van der Waals surface area (Å²) >= 11 is 1.51. The summed E-state index contributed by atoms with van der Waals surface area (Å²) in [7, 11) is -3.39. The van der Waals surface area contributed by atoms with Gasteiger partial charge >= 0.3 is 0 Å². The second-order valence-corrected chi connectivity index (χ2v) is 7.13. The van der Waals surface area contributed by atoms with Gasteiger partial charge in [0.1, 0.15) is 0 Å². The molecule has 2 rings (SSSR count). The predicted molar refractivity (Wildman–Crippen MR) is 74.1 cm³/mol. The van der Waals surface area contributed by atoms with E-state index in [9.17, 15) is 8.42 Å². The summed E-state index contributed by atoms with van der Waals surface area (Å²) in [5.74, 6) is 0.237. The number of aliphatic hydroxyl groups excluding tert-OH is 1. The van der Waals surface area contributed by atoms with Gasteiger partial charge in [-0.15, -0.1) is 11.3 Å². The fraction of sp³-hybridized carbons (Fsp3) is 0.727. The Balaban J connectivity index is 1.78. The van der Waals surface area contributed by atoms with E-state index in [4.69, 9.17) is 5.11 Å². The Labute approximate surface area is 117 Å². The minimum atomic E-state index is -3.39. The van der Waals surface area contributed by atoms with Gasteiger partial charge in [-0.2, -0.15) is 12.7 Å². The lowest BCUT2D eigenvalue weighted by Crippen LogP contribution is -2.45. The molecule has 8 heteroatoms. The molecule has 0 aliphatic carbocycles. The lowest BCUT2D eigenvalue weighted by atomic mass is 10.00. The van der Waals surface area contributed by atoms with Crippen molar-refractivity contribution in [2.24, 2.45) is 5.92 Å². The summed E-state index contributed by atoms with van der Waals surface area (Å²) in [6, 6.07) is 0. The maximum atomic E-state index is 12.0. The SMILES string of the molecule is O=S(=O)(NCCc1cscn1)N1CCC(CO)CC1. The number of thiazole rings is 1. The largest absolute Gasteiger partial charge is 0.396 e. The van der Waals surface area contributed by atoms with Crippen LogP contribution in [0.1, 0.15) is 18.5 Å². The third kappa shape index (κ3) is 4.22. The van der Waals surface area contributed by atoms with Gasteiger partial charge in [0.15, 0.2) is 0 Å². The molecule has 2 heterocycles. The molecule has 0 spiro atoms. The molecule has 1 fully saturated rings. The normalized spacial score (nSPS) is 18.8. The molecular formula is C11H19N3O3S2. The highest BCUT2D eigenvalue weighted by atomic mass is 32.2. The maximum absolute atomic E-state index is 12.0. The van der Waals surface area contributed by atoms with Gasteiger partial charge in [-0.3, -0.25) is 0 Å². The van der Waals surface area contributed by atoms with Gasteiger partial charge < -0.3 is 5.11 Å². The van der Waals surface area contributed by atoms with Gasteiger partial charge in [0, 0.05) is 38.0 Å². The summed E-state index contributed by atoms with van der Waals surface area (Å²) in [6.07, 6.45) is 2.06. The van der Waals surface area contributed by atoms with Crippen molar-refractivity contribution < 1.29 is 13.5 Å². The lowest BCUT2D eigenvalue weighted by molar-refractivity contribution is 0.169. The van der Waals surface area contributed by atoms with Crippen LogP contribution in [0.5, 0.6) is 0 Å². The molecule has 2 N–H and O–H groups in total. The highest BCUT2D eigenvalue weighted by molar-refractivity contribution is 7.87. The molecular weight excluding hydrogens is 286 g/mol. The topological polar surface area (TPSA) is 82.5 Å². The lowest BCUT2D eigenvalue weighted by Gasteiger charge is -2.30. The van der Waals surface area contributed by atoms with E-state index >= 15 is 0 Å². The summed E-state index contributed by atoms with van der Waals surface area (Å²) in [5, 5.41) is 11.0. The molecule has 6 nitrogen and oxygen atoms in total. The number of rotatable bonds is 6. The zero-order chi connectivity index (χ0) is 13.7. The van der Waals surface area contributed by atoms with Crippen LogP contribution in [-0.4, -0.2) is 49.1 Å². The van der Waals surface area contributed by atoms with Crippen LogP contribution in [0, 0.1) is 5.92 Å². The summed E-state index contributed by atoms with van der Waals surface area (Å²) in [5.41, 5.74) is 2.65. The van der Waals surface area contributed by atoms with Crippen molar-refractivity contribution in [3.63, 3.8) is 0 Å². The number of hydrogen-bond donors (Lipinski definition) is 2. The second kappa shape index (κ2) is 6.76. The van der Waals surface area contributed by atoms with Gasteiger partial charge in [-0.05, 0) is 18.8 Å². The Bertz CT molecular complexity index is 467. The van der Waals surface area contributed by atoms with Crippen LogP contribution in [-0.2, 0) is 16.6 Å². The van der Waals surface area contributed by atoms with Crippen molar-refractivity contribution in [3.05, 3.63) is 16.6 Å². The first-order chi connectivity index (χ1) is 9.12. The second-order valence-electron chi connectivity index (χ2n) is 4.65. The maximum Gasteiger partial charge on any atom is 0.279 e. The molecule has 1 saturated heterocycles. The molecule has 0 amide bonds. The Morgan fingerprint density at radius 3 is 2.79 bits per heavy atom. The first kappa shape index (κ1) is 14.9. The van der Waals surface area contributed by atoms with Crippen LogP contribution >= 0.6 is 11.3 Å². The van der Waals surface area contributed by atoms with E-state index in [-0.39, 0.29) is 12.5 Å². The third-order valence-corrected chi connectivity index (χ3v) is 5.57. The highest BCUT2D eigenvalue weighted by Gasteiger charge is 2.27. The molecule has 108 valence electrons. The molecule has 0 unspecified atom stereocenters. The molecule has 19 heavy (non-hydrogen) atoms. The number of aliphatic hydroxyl groups is 1. The average molecular weight is 305 g/mol. The fourth-order valence-corrected chi connectivity index (χ4v) is 3.92. The van der Waals surface area contributed by atoms with Gasteiger partial charge in [0.05, 0.1) is 11.2 Å². The molecule has 0 aromatic carbocycles. The van der Waals surface area contributed by atoms with Crippen LogP contribution in [0.15, 0.2) is 10.9 Å². The molecule has 1 aromatic rings. The third-order valence-electron chi connectivity index (χ3n) is 3.32. The summed E-state index contributed by atoms with van der Waals surface area (Å²) in [4.78, 5) is 4.11. The quantitative estimate of drug-likeness (QED) is 0.788. The number of aromatic nitrogens is 1. The molecule has 0 atom stereocenters. The Morgan fingerprint density at radius 1 is 1.47 bits per heavy atom. The Hall–Kier alpha value is -0.540. The van der Waals surface area contributed by atoms with Crippen molar-refractivity contribution >= 4 is 21.5 Å². The van der Waals surface area contributed by atoms with E-state index in [1.807, 2.05) is 5.38 Å². The van der Waals surface area contributed by atoms with Crippen molar-refractivity contribution in [1.82, 2.24) is 14.0 Å². The first-order valence-electron chi connectivity index (χ1n) is 6.34. The number of nitrogens with zero attached hydrogens (tertiary/aromatic N) is 2. The molecule has 1 aliphatic rings. The van der Waals surface area contributed by atoms with Crippen LogP contribution in [0.25, 0.3) is 0 Å². The fourth-order valence-electron chi connectivity index (χ4n) is 2.09. The van der Waals surface area contributed by atoms with Crippen LogP contribution in [0.4, 0.5) is 0 Å². The van der Waals surface area contributed by atoms with Crippen LogP contribution in [0.3, 0.4) is 0 Å². The van der Waals surface area contributed by atoms with E-state index in [2.05, 4.69) is 9.71 Å². The standard InChI is InChI=1S/C11H19N3O3S2/c15-7-10-2-5-14(6-3-10)19(16,17)13-4-1-11-8-18-9-12-11/h8-10,13,15H,1-7H2. The van der Waals surface area contributed by atoms with E-state index in [0.717, 1.165) is 18.5 Å². The number of piperidine rings is 1. The van der Waals surface area contributed by atoms with E-state index in [0.29, 0.717) is 26.1 Å². The minimum Gasteiger partial charge on any atom is -0.396 e. The van der Waals surface area contributed by atoms with E-state index in [1.54, 1.807) is 5.51 Å².